The van der Waals surface area contributed by atoms with Gasteiger partial charge in [-0.25, -0.2) is 0 Å². The van der Waals surface area contributed by atoms with Gasteiger partial charge < -0.3 is 29.0 Å². The second kappa shape index (κ2) is 15.1. The maximum absolute atomic E-state index is 14.8. The SMILES string of the molecule is COCCOCCOCCN(C(=O)CCC(=O)OC)[C@H]1CC[C@]2(C)[C@H]3C(=O)C=C4[C@@H]5C[C@@](C)(C(=O)O)CC[C@]5(C)CC[C@@]4(C)[C@]3(C)CC[C@H]2C1(C)C. The van der Waals surface area contributed by atoms with E-state index >= 15 is 0 Å². The number of ether oxygens (including phenoxy) is 4. The molecule has 0 aromatic rings. The summed E-state index contributed by atoms with van der Waals surface area (Å²) < 4.78 is 21.3. The Kier molecular flexibility index (Phi) is 11.9. The number of ketones is 1. The molecular formula is C42H67NO9. The lowest BCUT2D eigenvalue weighted by atomic mass is 9.33. The molecule has 4 fully saturated rings. The van der Waals surface area contributed by atoms with E-state index < -0.39 is 17.4 Å². The molecule has 0 spiro atoms. The predicted octanol–water partition coefficient (Wildman–Crippen LogP) is 6.88. The van der Waals surface area contributed by atoms with E-state index in [9.17, 15) is 24.3 Å². The van der Waals surface area contributed by atoms with E-state index in [4.69, 9.17) is 18.9 Å². The summed E-state index contributed by atoms with van der Waals surface area (Å²) in [5, 5.41) is 10.3. The van der Waals surface area contributed by atoms with Crippen molar-refractivity contribution < 1.29 is 43.2 Å². The Hall–Kier alpha value is -2.30. The van der Waals surface area contributed by atoms with Gasteiger partial charge in [0.25, 0.3) is 0 Å². The van der Waals surface area contributed by atoms with Crippen LogP contribution in [-0.2, 0) is 38.1 Å². The topological polar surface area (TPSA) is 129 Å². The first-order valence-corrected chi connectivity index (χ1v) is 19.8. The summed E-state index contributed by atoms with van der Waals surface area (Å²) in [5.41, 5.74) is -0.568. The average Bonchev–Trinajstić information content (AvgIpc) is 3.08. The number of aliphatic carboxylic acids is 1. The van der Waals surface area contributed by atoms with Gasteiger partial charge in [0.2, 0.25) is 5.91 Å². The minimum Gasteiger partial charge on any atom is -0.481 e. The fraction of sp³-hybridized carbons (Fsp3) is 0.857. The minimum atomic E-state index is -0.779. The lowest BCUT2D eigenvalue weighted by Crippen LogP contribution is -2.68. The van der Waals surface area contributed by atoms with Crippen molar-refractivity contribution in [2.75, 3.05) is 53.8 Å². The summed E-state index contributed by atoms with van der Waals surface area (Å²) in [4.78, 5) is 55.2. The van der Waals surface area contributed by atoms with Crippen molar-refractivity contribution in [1.82, 2.24) is 4.90 Å². The first-order chi connectivity index (χ1) is 24.3. The highest BCUT2D eigenvalue weighted by atomic mass is 16.5. The molecule has 10 nitrogen and oxygen atoms in total. The van der Waals surface area contributed by atoms with Gasteiger partial charge in [-0.15, -0.1) is 0 Å². The Morgan fingerprint density at radius 1 is 0.827 bits per heavy atom. The number of esters is 1. The van der Waals surface area contributed by atoms with Crippen molar-refractivity contribution in [2.45, 2.75) is 125 Å². The molecule has 1 N–H and O–H groups in total. The molecule has 4 saturated carbocycles. The molecule has 5 aliphatic rings. The highest BCUT2D eigenvalue weighted by Crippen LogP contribution is 2.75. The molecule has 0 aliphatic heterocycles. The zero-order chi connectivity index (χ0) is 38.3. The first kappa shape index (κ1) is 40.9. The van der Waals surface area contributed by atoms with E-state index in [1.54, 1.807) is 7.11 Å². The van der Waals surface area contributed by atoms with Gasteiger partial charge >= 0.3 is 11.9 Å². The van der Waals surface area contributed by atoms with Crippen molar-refractivity contribution >= 4 is 23.6 Å². The highest BCUT2D eigenvalue weighted by Gasteiger charge is 2.70. The van der Waals surface area contributed by atoms with E-state index in [0.717, 1.165) is 44.9 Å². The van der Waals surface area contributed by atoms with Crippen molar-refractivity contribution in [3.63, 3.8) is 0 Å². The first-order valence-electron chi connectivity index (χ1n) is 19.8. The van der Waals surface area contributed by atoms with Gasteiger partial charge in [-0.2, -0.15) is 0 Å². The Morgan fingerprint density at radius 3 is 2.13 bits per heavy atom. The van der Waals surface area contributed by atoms with Crippen LogP contribution in [0.15, 0.2) is 11.6 Å². The maximum Gasteiger partial charge on any atom is 0.309 e. The summed E-state index contributed by atoms with van der Waals surface area (Å²) in [7, 11) is 2.97. The normalized spacial score (nSPS) is 39.2. The Labute approximate surface area is 312 Å². The third-order valence-corrected chi connectivity index (χ3v) is 15.8. The second-order valence-corrected chi connectivity index (χ2v) is 18.8. The quantitative estimate of drug-likeness (QED) is 0.150. The zero-order valence-electron chi connectivity index (χ0n) is 33.6. The van der Waals surface area contributed by atoms with Crippen LogP contribution in [0.2, 0.25) is 0 Å². The Balaban J connectivity index is 1.41. The van der Waals surface area contributed by atoms with Crippen molar-refractivity contribution in [3.8, 4) is 0 Å². The molecule has 5 rings (SSSR count). The summed E-state index contributed by atoms with van der Waals surface area (Å²) in [6.45, 7) is 18.6. The molecule has 0 aromatic carbocycles. The van der Waals surface area contributed by atoms with Gasteiger partial charge in [0.05, 0.1) is 52.0 Å². The number of fused-ring (bicyclic) bond motifs is 7. The van der Waals surface area contributed by atoms with E-state index in [0.29, 0.717) is 52.4 Å². The maximum atomic E-state index is 14.8. The molecule has 294 valence electrons. The van der Waals surface area contributed by atoms with Crippen LogP contribution < -0.4 is 0 Å². The fourth-order valence-electron chi connectivity index (χ4n) is 12.5. The summed E-state index contributed by atoms with van der Waals surface area (Å²) in [6.07, 6.45) is 9.78. The number of methoxy groups -OCH3 is 2. The molecule has 9 atom stereocenters. The van der Waals surface area contributed by atoms with Crippen LogP contribution in [0.25, 0.3) is 0 Å². The van der Waals surface area contributed by atoms with E-state index in [1.807, 2.05) is 17.9 Å². The number of hydrogen-bond donors (Lipinski definition) is 1. The minimum absolute atomic E-state index is 0.00947. The number of hydrogen-bond acceptors (Lipinski definition) is 8. The molecule has 0 radical (unpaired) electrons. The molecule has 5 aliphatic carbocycles. The molecule has 0 saturated heterocycles. The van der Waals surface area contributed by atoms with Crippen molar-refractivity contribution in [1.29, 1.82) is 0 Å². The molecule has 0 aromatic heterocycles. The van der Waals surface area contributed by atoms with Gasteiger partial charge in [-0.1, -0.05) is 47.1 Å². The van der Waals surface area contributed by atoms with Gasteiger partial charge in [0.15, 0.2) is 5.78 Å². The number of carbonyl (C=O) groups is 4. The zero-order valence-corrected chi connectivity index (χ0v) is 33.6. The molecule has 0 bridgehead atoms. The summed E-state index contributed by atoms with van der Waals surface area (Å²) in [6, 6.07) is -0.0756. The van der Waals surface area contributed by atoms with Crippen LogP contribution in [0.1, 0.15) is 119 Å². The van der Waals surface area contributed by atoms with Gasteiger partial charge in [-0.05, 0) is 110 Å². The summed E-state index contributed by atoms with van der Waals surface area (Å²) in [5.74, 6) is -0.856. The number of nitrogens with zero attached hydrogens (tertiary/aromatic N) is 1. The van der Waals surface area contributed by atoms with Crippen LogP contribution in [0.5, 0.6) is 0 Å². The monoisotopic (exact) mass is 729 g/mol. The third-order valence-electron chi connectivity index (χ3n) is 15.8. The lowest BCUT2D eigenvalue weighted by Gasteiger charge is -2.71. The molecule has 52 heavy (non-hydrogen) atoms. The average molecular weight is 730 g/mol. The summed E-state index contributed by atoms with van der Waals surface area (Å²) >= 11 is 0. The fourth-order valence-corrected chi connectivity index (χ4v) is 12.5. The van der Waals surface area contributed by atoms with Crippen LogP contribution in [-0.4, -0.2) is 93.5 Å². The van der Waals surface area contributed by atoms with Gasteiger partial charge in [0.1, 0.15) is 0 Å². The predicted molar refractivity (Wildman–Crippen MR) is 197 cm³/mol. The number of carboxylic acids is 1. The van der Waals surface area contributed by atoms with E-state index in [1.165, 1.54) is 12.7 Å². The largest absolute Gasteiger partial charge is 0.481 e. The van der Waals surface area contributed by atoms with E-state index in [2.05, 4.69) is 41.5 Å². The van der Waals surface area contributed by atoms with Gasteiger partial charge in [-0.3, -0.25) is 19.2 Å². The number of allylic oxidation sites excluding steroid dienone is 2. The Bertz CT molecular complexity index is 1410. The number of carbonyl (C=O) groups excluding carboxylic acids is 3. The second-order valence-electron chi connectivity index (χ2n) is 18.8. The number of carboxylic acid groups (broad SMARTS) is 1. The van der Waals surface area contributed by atoms with Gasteiger partial charge in [0, 0.05) is 32.0 Å². The number of amides is 1. The van der Waals surface area contributed by atoms with Crippen LogP contribution in [0.3, 0.4) is 0 Å². The van der Waals surface area contributed by atoms with Crippen LogP contribution in [0, 0.1) is 50.2 Å². The molecule has 0 unspecified atom stereocenters. The molecular weight excluding hydrogens is 662 g/mol. The molecule has 1 amide bonds. The lowest BCUT2D eigenvalue weighted by molar-refractivity contribution is -0.198. The molecule has 0 heterocycles. The van der Waals surface area contributed by atoms with Crippen LogP contribution in [0.4, 0.5) is 0 Å². The molecule has 10 heteroatoms. The van der Waals surface area contributed by atoms with Crippen molar-refractivity contribution in [2.24, 2.45) is 50.2 Å². The third kappa shape index (κ3) is 6.91. The van der Waals surface area contributed by atoms with E-state index in [-0.39, 0.29) is 75.4 Å². The van der Waals surface area contributed by atoms with Crippen LogP contribution >= 0.6 is 0 Å². The smallest absolute Gasteiger partial charge is 0.309 e. The highest BCUT2D eigenvalue weighted by molar-refractivity contribution is 5.95. The van der Waals surface area contributed by atoms with Crippen molar-refractivity contribution in [3.05, 3.63) is 11.6 Å². The Morgan fingerprint density at radius 2 is 1.48 bits per heavy atom. The standard InChI is InChI=1S/C42H67NO9/c1-37(2)31-12-15-42(7)35(30(44)26-28-29-27-39(4,36(47)48)17-16-38(29,3)18-19-41(28,42)6)40(31,5)14-13-32(37)43(33(45)10-11-34(46)50-9)20-21-51-24-25-52-23-22-49-8/h26,29,31-32,35H,10-25,27H2,1-9H3,(H,47,48)/t29-,31-,32-,35+,38+,39-,40-,41+,42+/m0/s1. The number of rotatable bonds is 14.